The fraction of sp³-hybridized carbons (Fsp3) is 0.0833. The quantitative estimate of drug-likeness (QED) is 0.0501. The third-order valence-electron chi connectivity index (χ3n) is 7.45. The summed E-state index contributed by atoms with van der Waals surface area (Å²) in [6.45, 7) is 8.88. The highest BCUT2D eigenvalue weighted by Gasteiger charge is 2.33. The Morgan fingerprint density at radius 2 is 1.39 bits per heavy atom. The van der Waals surface area contributed by atoms with Gasteiger partial charge in [0.1, 0.15) is 6.33 Å². The molecule has 0 spiro atoms. The van der Waals surface area contributed by atoms with E-state index in [0.717, 1.165) is 22.3 Å². The van der Waals surface area contributed by atoms with Gasteiger partial charge in [-0.3, -0.25) is 14.6 Å². The highest BCUT2D eigenvalue weighted by atomic mass is 32.2. The smallest absolute Gasteiger partial charge is 0.213 e. The van der Waals surface area contributed by atoms with Gasteiger partial charge in [0.2, 0.25) is 5.16 Å². The van der Waals surface area contributed by atoms with Crippen LogP contribution in [0.1, 0.15) is 54.1 Å². The lowest BCUT2D eigenvalue weighted by molar-refractivity contribution is 0.0974. The van der Waals surface area contributed by atoms with Crippen LogP contribution in [0, 0.1) is 0 Å². The van der Waals surface area contributed by atoms with E-state index in [1.807, 2.05) is 60.7 Å². The van der Waals surface area contributed by atoms with Crippen molar-refractivity contribution in [2.24, 2.45) is 10.8 Å². The van der Waals surface area contributed by atoms with Crippen LogP contribution in [0.15, 0.2) is 124 Å². The Morgan fingerprint density at radius 3 is 2.00 bits per heavy atom. The molecule has 0 saturated carbocycles. The third-order valence-corrected chi connectivity index (χ3v) is 9.18. The number of aromatic nitrogens is 3. The summed E-state index contributed by atoms with van der Waals surface area (Å²) >= 11 is 2.55. The molecule has 2 N–H and O–H groups in total. The molecule has 8 nitrogen and oxygen atoms in total. The molecule has 0 aliphatic heterocycles. The van der Waals surface area contributed by atoms with E-state index in [1.54, 1.807) is 58.0 Å². The minimum absolute atomic E-state index is 0.206. The number of hydrogen-bond donors (Lipinski definition) is 1. The number of fused-ring (bicyclic) bond motifs is 2. The number of benzene rings is 4. The zero-order valence-electron chi connectivity index (χ0n) is 24.9. The van der Waals surface area contributed by atoms with E-state index in [1.165, 1.54) is 23.5 Å². The van der Waals surface area contributed by atoms with Gasteiger partial charge in [-0.1, -0.05) is 110 Å². The normalized spacial score (nSPS) is 12.2. The molecule has 0 fully saturated rings. The molecule has 10 heteroatoms. The van der Waals surface area contributed by atoms with Gasteiger partial charge in [-0.25, -0.2) is 9.67 Å². The largest absolute Gasteiger partial charge is 0.313 e. The molecule has 0 bridgehead atoms. The summed E-state index contributed by atoms with van der Waals surface area (Å²) in [5.41, 5.74) is 13.3. The van der Waals surface area contributed by atoms with Gasteiger partial charge >= 0.3 is 0 Å². The number of hydrazone groups is 1. The Hall–Kier alpha value is -5.03. The first-order valence-corrected chi connectivity index (χ1v) is 16.2. The van der Waals surface area contributed by atoms with Crippen molar-refractivity contribution >= 4 is 52.8 Å². The second-order valence-electron chi connectivity index (χ2n) is 10.4. The summed E-state index contributed by atoms with van der Waals surface area (Å²) in [6, 6.07) is 26.7. The van der Waals surface area contributed by atoms with Crippen molar-refractivity contribution in [1.82, 2.24) is 19.8 Å². The summed E-state index contributed by atoms with van der Waals surface area (Å²) in [7, 11) is 0. The maximum atomic E-state index is 13.9. The van der Waals surface area contributed by atoms with Gasteiger partial charge in [-0.15, -0.1) is 5.10 Å². The lowest BCUT2D eigenvalue weighted by atomic mass is 9.84. The van der Waals surface area contributed by atoms with E-state index >= 15 is 0 Å². The van der Waals surface area contributed by atoms with Crippen molar-refractivity contribution < 1.29 is 9.59 Å². The molecule has 46 heavy (non-hydrogen) atoms. The summed E-state index contributed by atoms with van der Waals surface area (Å²) in [5.74, 6) is -0.414. The van der Waals surface area contributed by atoms with Gasteiger partial charge in [0.15, 0.2) is 11.6 Å². The van der Waals surface area contributed by atoms with Crippen LogP contribution in [-0.4, -0.2) is 43.6 Å². The molecular weight excluding hydrogens is 613 g/mol. The Balaban J connectivity index is 1.19. The second-order valence-corrected chi connectivity index (χ2v) is 12.3. The average Bonchev–Trinajstić information content (AvgIpc) is 3.53. The molecule has 0 saturated heterocycles. The molecule has 1 aliphatic rings. The fourth-order valence-electron chi connectivity index (χ4n) is 5.08. The van der Waals surface area contributed by atoms with Crippen molar-refractivity contribution in [2.45, 2.75) is 28.0 Å². The van der Waals surface area contributed by atoms with E-state index in [9.17, 15) is 9.59 Å². The van der Waals surface area contributed by atoms with E-state index in [2.05, 4.69) is 28.3 Å². The summed E-state index contributed by atoms with van der Waals surface area (Å²) in [6.07, 6.45) is 5.26. The van der Waals surface area contributed by atoms with Gasteiger partial charge in [-0.05, 0) is 46.1 Å². The number of hydrogen-bond acceptors (Lipinski definition) is 9. The first kappa shape index (κ1) is 31.0. The molecule has 1 aliphatic carbocycles. The van der Waals surface area contributed by atoms with Crippen LogP contribution < -0.4 is 5.73 Å². The van der Waals surface area contributed by atoms with Crippen LogP contribution in [0.25, 0.3) is 12.2 Å². The maximum absolute atomic E-state index is 13.9. The first-order valence-electron chi connectivity index (χ1n) is 14.5. The van der Waals surface area contributed by atoms with Crippen molar-refractivity contribution in [3.8, 4) is 0 Å². The van der Waals surface area contributed by atoms with E-state index in [4.69, 9.17) is 5.73 Å². The number of thioether (sulfide) groups is 1. The number of ketones is 2. The molecule has 0 amide bonds. The predicted molar refractivity (Wildman–Crippen MR) is 185 cm³/mol. The number of carbonyl (C=O) groups excluding carboxylic acids is 2. The Bertz CT molecular complexity index is 1970. The lowest BCUT2D eigenvalue weighted by Crippen LogP contribution is -2.24. The monoisotopic (exact) mass is 642 g/mol. The molecule has 1 heterocycles. The highest BCUT2D eigenvalue weighted by Crippen LogP contribution is 2.38. The van der Waals surface area contributed by atoms with Crippen LogP contribution in [0.4, 0.5) is 0 Å². The first-order chi connectivity index (χ1) is 22.5. The highest BCUT2D eigenvalue weighted by molar-refractivity contribution is 8.12. The van der Waals surface area contributed by atoms with Gasteiger partial charge in [0.05, 0.1) is 25.3 Å². The summed E-state index contributed by atoms with van der Waals surface area (Å²) in [4.78, 5) is 33.5. The summed E-state index contributed by atoms with van der Waals surface area (Å²) in [5, 5.41) is 11.3. The molecular formula is C36H30N6O2S2. The molecule has 0 radical (unpaired) electrons. The molecule has 1 aromatic heterocycles. The Morgan fingerprint density at radius 1 is 0.804 bits per heavy atom. The molecule has 0 unspecified atom stereocenters. The van der Waals surface area contributed by atoms with Crippen molar-refractivity contribution in [3.63, 3.8) is 0 Å². The fourth-order valence-corrected chi connectivity index (χ4v) is 6.74. The molecule has 5 aromatic rings. The minimum Gasteiger partial charge on any atom is -0.313 e. The van der Waals surface area contributed by atoms with Gasteiger partial charge in [-0.2, -0.15) is 5.10 Å². The average molecular weight is 643 g/mol. The minimum atomic E-state index is -0.208. The zero-order chi connectivity index (χ0) is 32.0. The molecule has 0 atom stereocenters. The van der Waals surface area contributed by atoms with Crippen LogP contribution in [0.3, 0.4) is 0 Å². The topological polar surface area (TPSA) is 106 Å². The van der Waals surface area contributed by atoms with Gasteiger partial charge in [0.25, 0.3) is 0 Å². The lowest BCUT2D eigenvalue weighted by Gasteiger charge is -2.21. The molecule has 4 aromatic carbocycles. The van der Waals surface area contributed by atoms with Crippen LogP contribution in [0.5, 0.6) is 0 Å². The van der Waals surface area contributed by atoms with Crippen LogP contribution in [-0.2, 0) is 13.1 Å². The Labute approximate surface area is 275 Å². The second kappa shape index (κ2) is 13.9. The van der Waals surface area contributed by atoms with Crippen molar-refractivity contribution in [2.75, 3.05) is 6.67 Å². The van der Waals surface area contributed by atoms with E-state index in [-0.39, 0.29) is 18.2 Å². The van der Waals surface area contributed by atoms with Crippen LogP contribution in [0.2, 0.25) is 0 Å². The molecule has 228 valence electrons. The number of nitrogens with two attached hydrogens (primary N) is 1. The van der Waals surface area contributed by atoms with Gasteiger partial charge < -0.3 is 5.73 Å². The predicted octanol–water partition coefficient (Wildman–Crippen LogP) is 6.99. The Kier molecular flexibility index (Phi) is 9.39. The SMILES string of the molecule is C=Cc1ccc(CN(CN)N=CSc2cccc3c2C(=O)c2cccc(Sc4ncn(Cc5ccc(C=C)cc5)n4)c2C3=O)cc1. The number of carbonyl (C=O) groups is 2. The van der Waals surface area contributed by atoms with E-state index < -0.39 is 0 Å². The zero-order valence-corrected chi connectivity index (χ0v) is 26.5. The maximum Gasteiger partial charge on any atom is 0.213 e. The van der Waals surface area contributed by atoms with Crippen molar-refractivity contribution in [3.05, 3.63) is 149 Å². The standard InChI is InChI=1S/C36H30N6O2S2/c1-3-24-11-15-26(16-12-24)19-41(21-37)39-23-45-30-9-5-7-28-32(30)34(43)29-8-6-10-31(33(29)35(28)44)46-36-38-22-42(40-36)20-27-17-13-25(4-2)14-18-27/h3-18,22-23H,1-2,19-21,37H2. The van der Waals surface area contributed by atoms with Gasteiger partial charge in [0, 0.05) is 32.0 Å². The molecule has 6 rings (SSSR count). The summed E-state index contributed by atoms with van der Waals surface area (Å²) < 4.78 is 1.75. The number of nitrogens with zero attached hydrogens (tertiary/aromatic N) is 5. The van der Waals surface area contributed by atoms with E-state index in [0.29, 0.717) is 50.3 Å². The van der Waals surface area contributed by atoms with Crippen molar-refractivity contribution in [1.29, 1.82) is 0 Å². The number of rotatable bonds is 12. The van der Waals surface area contributed by atoms with Crippen LogP contribution >= 0.6 is 23.5 Å². The third kappa shape index (κ3) is 6.64.